The number of nitroso groups, excluding NO2 is 1. The lowest BCUT2D eigenvalue weighted by molar-refractivity contribution is 0.104. The van der Waals surface area contributed by atoms with E-state index >= 15 is 0 Å². The van der Waals surface area contributed by atoms with Gasteiger partial charge in [-0.05, 0) is 49.9 Å². The molecule has 0 aliphatic carbocycles. The van der Waals surface area contributed by atoms with Gasteiger partial charge >= 0.3 is 0 Å². The molecule has 4 unspecified atom stereocenters. The molecule has 20 heavy (non-hydrogen) atoms. The molecule has 5 heteroatoms. The van der Waals surface area contributed by atoms with Gasteiger partial charge in [-0.2, -0.15) is 4.91 Å². The molecule has 2 fully saturated rings. The number of fused-ring (bicyclic) bond motifs is 2. The van der Waals surface area contributed by atoms with E-state index in [0.29, 0.717) is 34.6 Å². The number of halogens is 2. The lowest BCUT2D eigenvalue weighted by atomic mass is 9.76. The maximum absolute atomic E-state index is 10.8. The van der Waals surface area contributed by atoms with E-state index in [1.807, 2.05) is 18.2 Å². The molecule has 2 heterocycles. The second-order valence-electron chi connectivity index (χ2n) is 5.96. The smallest absolute Gasteiger partial charge is 0.0860 e. The Balaban J connectivity index is 1.94. The lowest BCUT2D eigenvalue weighted by Crippen LogP contribution is -2.46. The zero-order chi connectivity index (χ0) is 14.3. The van der Waals surface area contributed by atoms with Crippen LogP contribution in [0.5, 0.6) is 0 Å². The third kappa shape index (κ3) is 2.36. The van der Waals surface area contributed by atoms with E-state index in [4.69, 9.17) is 23.2 Å². The van der Waals surface area contributed by atoms with Gasteiger partial charge in [-0.1, -0.05) is 34.4 Å². The summed E-state index contributed by atoms with van der Waals surface area (Å²) in [5.74, 6) is 0.643. The van der Waals surface area contributed by atoms with Crippen LogP contribution in [-0.4, -0.2) is 30.6 Å². The first-order valence-corrected chi connectivity index (χ1v) is 7.83. The fourth-order valence-electron chi connectivity index (χ4n) is 4.04. The second kappa shape index (κ2) is 5.63. The third-order valence-corrected chi connectivity index (χ3v) is 5.83. The molecule has 0 N–H and O–H groups in total. The van der Waals surface area contributed by atoms with Crippen molar-refractivity contribution in [2.45, 2.75) is 37.3 Å². The average molecular weight is 313 g/mol. The van der Waals surface area contributed by atoms with Crippen LogP contribution < -0.4 is 0 Å². The van der Waals surface area contributed by atoms with Gasteiger partial charge in [0.1, 0.15) is 0 Å². The summed E-state index contributed by atoms with van der Waals surface area (Å²) in [4.78, 5) is 13.3. The summed E-state index contributed by atoms with van der Waals surface area (Å²) in [6.45, 7) is 0.382. The Morgan fingerprint density at radius 2 is 2.10 bits per heavy atom. The van der Waals surface area contributed by atoms with Crippen molar-refractivity contribution in [3.63, 3.8) is 0 Å². The minimum Gasteiger partial charge on any atom is -0.300 e. The summed E-state index contributed by atoms with van der Waals surface area (Å²) < 4.78 is 0. The maximum Gasteiger partial charge on any atom is 0.0860 e. The van der Waals surface area contributed by atoms with Gasteiger partial charge in [-0.15, -0.1) is 0 Å². The molecule has 2 aliphatic rings. The summed E-state index contributed by atoms with van der Waals surface area (Å²) in [6.07, 6.45) is 3.46. The van der Waals surface area contributed by atoms with Crippen molar-refractivity contribution < 1.29 is 0 Å². The first-order chi connectivity index (χ1) is 9.61. The van der Waals surface area contributed by atoms with Gasteiger partial charge in [0.25, 0.3) is 0 Å². The van der Waals surface area contributed by atoms with Gasteiger partial charge in [-0.3, -0.25) is 0 Å². The van der Waals surface area contributed by atoms with E-state index in [1.165, 1.54) is 18.4 Å². The Hall–Kier alpha value is -0.640. The maximum atomic E-state index is 10.8. The van der Waals surface area contributed by atoms with Crippen LogP contribution in [0.1, 0.15) is 30.7 Å². The summed E-state index contributed by atoms with van der Waals surface area (Å²) in [7, 11) is 2.17. The molecule has 3 nitrogen and oxygen atoms in total. The van der Waals surface area contributed by atoms with Crippen molar-refractivity contribution >= 4 is 23.2 Å². The molecule has 1 aromatic carbocycles. The number of benzene rings is 1. The molecule has 2 aliphatic heterocycles. The van der Waals surface area contributed by atoms with Crippen LogP contribution in [0.25, 0.3) is 0 Å². The largest absolute Gasteiger partial charge is 0.300 e. The average Bonchev–Trinajstić information content (AvgIpc) is 2.67. The van der Waals surface area contributed by atoms with Crippen LogP contribution in [-0.2, 0) is 0 Å². The molecule has 0 amide bonds. The van der Waals surface area contributed by atoms with Crippen molar-refractivity contribution in [2.24, 2.45) is 11.1 Å². The highest BCUT2D eigenvalue weighted by atomic mass is 35.5. The molecule has 1 aromatic rings. The van der Waals surface area contributed by atoms with E-state index in [9.17, 15) is 4.91 Å². The molecular weight excluding hydrogens is 295 g/mol. The van der Waals surface area contributed by atoms with E-state index < -0.39 is 0 Å². The Labute approximate surface area is 129 Å². The number of nitrogens with zero attached hydrogens (tertiary/aromatic N) is 2. The summed E-state index contributed by atoms with van der Waals surface area (Å²) in [5, 5.41) is 4.36. The lowest BCUT2D eigenvalue weighted by Gasteiger charge is -2.42. The van der Waals surface area contributed by atoms with Crippen LogP contribution in [0.2, 0.25) is 10.0 Å². The first-order valence-electron chi connectivity index (χ1n) is 7.07. The van der Waals surface area contributed by atoms with E-state index in [1.54, 1.807) is 0 Å². The van der Waals surface area contributed by atoms with Gasteiger partial charge in [-0.25, -0.2) is 0 Å². The number of rotatable bonds is 3. The van der Waals surface area contributed by atoms with Gasteiger partial charge in [0.2, 0.25) is 0 Å². The van der Waals surface area contributed by atoms with Crippen LogP contribution in [0.3, 0.4) is 0 Å². The topological polar surface area (TPSA) is 32.7 Å². The third-order valence-electron chi connectivity index (χ3n) is 5.09. The molecule has 0 radical (unpaired) electrons. The number of hydrogen-bond acceptors (Lipinski definition) is 3. The summed E-state index contributed by atoms with van der Waals surface area (Å²) in [6, 6.07) is 6.93. The summed E-state index contributed by atoms with van der Waals surface area (Å²) >= 11 is 12.1. The van der Waals surface area contributed by atoms with Crippen LogP contribution in [0.4, 0.5) is 0 Å². The highest BCUT2D eigenvalue weighted by Crippen LogP contribution is 2.46. The van der Waals surface area contributed by atoms with Crippen molar-refractivity contribution in [1.82, 2.24) is 4.90 Å². The molecule has 0 saturated carbocycles. The fourth-order valence-corrected chi connectivity index (χ4v) is 4.35. The first kappa shape index (κ1) is 14.3. The Kier molecular flexibility index (Phi) is 4.02. The zero-order valence-corrected chi connectivity index (χ0v) is 12.9. The minimum atomic E-state index is 0.286. The highest BCUT2D eigenvalue weighted by Gasteiger charge is 2.45. The van der Waals surface area contributed by atoms with Crippen molar-refractivity contribution in [1.29, 1.82) is 0 Å². The molecule has 2 bridgehead atoms. The van der Waals surface area contributed by atoms with E-state index in [-0.39, 0.29) is 5.92 Å². The van der Waals surface area contributed by atoms with Crippen LogP contribution in [0, 0.1) is 10.8 Å². The molecule has 0 aromatic heterocycles. The second-order valence-corrected chi connectivity index (χ2v) is 6.77. The summed E-state index contributed by atoms with van der Waals surface area (Å²) in [5.41, 5.74) is 1.19. The SMILES string of the molecule is CN1C2CCC1C(CN=O)C(c1ccc(Cl)c(Cl)c1)C2. The highest BCUT2D eigenvalue weighted by molar-refractivity contribution is 6.42. The Morgan fingerprint density at radius 3 is 2.80 bits per heavy atom. The van der Waals surface area contributed by atoms with Gasteiger partial charge in [0.05, 0.1) is 16.6 Å². The van der Waals surface area contributed by atoms with Crippen molar-refractivity contribution in [3.05, 3.63) is 38.7 Å². The molecular formula is C15H18Cl2N2O. The molecule has 3 rings (SSSR count). The minimum absolute atomic E-state index is 0.286. The Morgan fingerprint density at radius 1 is 1.30 bits per heavy atom. The van der Waals surface area contributed by atoms with Crippen molar-refractivity contribution in [3.8, 4) is 0 Å². The van der Waals surface area contributed by atoms with Gasteiger partial charge < -0.3 is 4.90 Å². The molecule has 108 valence electrons. The normalized spacial score (nSPS) is 33.4. The van der Waals surface area contributed by atoms with Gasteiger partial charge in [0.15, 0.2) is 0 Å². The molecule has 2 saturated heterocycles. The predicted octanol–water partition coefficient (Wildman–Crippen LogP) is 4.33. The van der Waals surface area contributed by atoms with Crippen LogP contribution >= 0.6 is 23.2 Å². The van der Waals surface area contributed by atoms with E-state index in [0.717, 1.165) is 6.42 Å². The predicted molar refractivity (Wildman–Crippen MR) is 82.5 cm³/mol. The zero-order valence-electron chi connectivity index (χ0n) is 11.4. The van der Waals surface area contributed by atoms with Crippen LogP contribution in [0.15, 0.2) is 23.4 Å². The quantitative estimate of drug-likeness (QED) is 0.778. The molecule has 0 spiro atoms. The Bertz CT molecular complexity index is 523. The number of piperidine rings is 1. The molecule has 4 atom stereocenters. The number of hydrogen-bond donors (Lipinski definition) is 0. The monoisotopic (exact) mass is 312 g/mol. The van der Waals surface area contributed by atoms with E-state index in [2.05, 4.69) is 17.1 Å². The standard InChI is InChI=1S/C15H18Cl2N2O/c1-19-10-3-5-15(19)12(8-18-20)11(7-10)9-2-4-13(16)14(17)6-9/h2,4,6,10-12,15H,3,5,7-8H2,1H3. The fraction of sp³-hybridized carbons (Fsp3) is 0.600. The van der Waals surface area contributed by atoms with Gasteiger partial charge in [0, 0.05) is 18.0 Å². The van der Waals surface area contributed by atoms with Crippen molar-refractivity contribution in [2.75, 3.05) is 13.6 Å².